The van der Waals surface area contributed by atoms with Crippen molar-refractivity contribution in [3.63, 3.8) is 0 Å². The van der Waals surface area contributed by atoms with E-state index in [9.17, 15) is 20.1 Å². The topological polar surface area (TPSA) is 137 Å². The number of cyclic esters (lactones) is 1. The molecule has 2 saturated heterocycles. The summed E-state index contributed by atoms with van der Waals surface area (Å²) in [5, 5.41) is 41.1. The van der Waals surface area contributed by atoms with E-state index >= 15 is 4.79 Å². The van der Waals surface area contributed by atoms with Gasteiger partial charge in [-0.05, 0) is 124 Å². The predicted octanol–water partition coefficient (Wildman–Crippen LogP) is 7.68. The third-order valence-corrected chi connectivity index (χ3v) is 20.2. The third-order valence-electron chi connectivity index (χ3n) is 17.6. The van der Waals surface area contributed by atoms with E-state index in [1.54, 1.807) is 0 Å². The Morgan fingerprint density at radius 1 is 0.933 bits per heavy atom. The van der Waals surface area contributed by atoms with Gasteiger partial charge in [-0.25, -0.2) is 10.2 Å². The number of benzene rings is 1. The first-order chi connectivity index (χ1) is 28.8. The molecule has 4 saturated carbocycles. The average Bonchev–Trinajstić information content (AvgIpc) is 3.88. The van der Waals surface area contributed by atoms with Gasteiger partial charge in [0.15, 0.2) is 5.72 Å². The van der Waals surface area contributed by atoms with Crippen LogP contribution >= 0.6 is 21.6 Å². The van der Waals surface area contributed by atoms with Gasteiger partial charge in [-0.3, -0.25) is 10.2 Å². The SMILES string of the molecule is C[C@@H]1CC[C@@H](O)[C@@]23[C@H](O)CC[C@@]4(C)[C@H]5CCC[C@H]5NN[C@@]5(C[C@](C)(C#CC[C@@]6(CCCC[C@@H]6CSSC[C@@H](Cc6ccccc6)C1)C(=O)O5)[C@]2(O)CCC1=CC(=O)OC1)[C@@H]43. The smallest absolute Gasteiger partial charge is 0.331 e. The summed E-state index contributed by atoms with van der Waals surface area (Å²) in [6, 6.07) is 10.8. The van der Waals surface area contributed by atoms with Crippen molar-refractivity contribution < 1.29 is 34.4 Å². The zero-order valence-electron chi connectivity index (χ0n) is 36.0. The first-order valence-electron chi connectivity index (χ1n) is 23.3. The van der Waals surface area contributed by atoms with Gasteiger partial charge in [0.1, 0.15) is 6.61 Å². The lowest BCUT2D eigenvalue weighted by Gasteiger charge is -2.73. The molecule has 6 fully saturated rings. The van der Waals surface area contributed by atoms with Crippen molar-refractivity contribution in [2.45, 2.75) is 160 Å². The molecule has 1 aromatic carbocycles. The van der Waals surface area contributed by atoms with Crippen molar-refractivity contribution in [3.05, 3.63) is 47.5 Å². The molecule has 0 amide bonds. The lowest BCUT2D eigenvalue weighted by Crippen LogP contribution is -2.84. The van der Waals surface area contributed by atoms with Crippen molar-refractivity contribution in [2.24, 2.45) is 51.2 Å². The summed E-state index contributed by atoms with van der Waals surface area (Å²) in [6.45, 7) is 6.77. The maximum absolute atomic E-state index is 15.7. The molecule has 5 N–H and O–H groups in total. The Morgan fingerprint density at radius 3 is 2.53 bits per heavy atom. The largest absolute Gasteiger partial charge is 0.458 e. The molecule has 328 valence electrons. The highest BCUT2D eigenvalue weighted by molar-refractivity contribution is 8.76. The van der Waals surface area contributed by atoms with Crippen LogP contribution in [0.15, 0.2) is 42.0 Å². The van der Waals surface area contributed by atoms with Crippen LogP contribution < -0.4 is 10.9 Å². The molecule has 4 bridgehead atoms. The number of esters is 2. The minimum atomic E-state index is -1.75. The predicted molar refractivity (Wildman–Crippen MR) is 236 cm³/mol. The number of carbonyl (C=O) groups is 2. The molecular formula is C49H68N2O7S2. The number of aliphatic hydroxyl groups is 3. The van der Waals surface area contributed by atoms with Gasteiger partial charge >= 0.3 is 11.9 Å². The first kappa shape index (κ1) is 43.2. The molecule has 11 heteroatoms. The van der Waals surface area contributed by atoms with Crippen LogP contribution in [-0.4, -0.2) is 74.9 Å². The van der Waals surface area contributed by atoms with E-state index in [1.807, 2.05) is 28.5 Å². The monoisotopic (exact) mass is 860 g/mol. The van der Waals surface area contributed by atoms with Gasteiger partial charge < -0.3 is 24.8 Å². The van der Waals surface area contributed by atoms with Crippen LogP contribution in [0, 0.1) is 63.1 Å². The van der Waals surface area contributed by atoms with Gasteiger partial charge in [0.05, 0.1) is 34.1 Å². The van der Waals surface area contributed by atoms with E-state index in [1.165, 1.54) is 11.6 Å². The molecule has 9 rings (SSSR count). The molecule has 4 heterocycles. The van der Waals surface area contributed by atoms with E-state index in [-0.39, 0.29) is 55.2 Å². The highest BCUT2D eigenvalue weighted by Gasteiger charge is 2.82. The molecule has 0 unspecified atom stereocenters. The van der Waals surface area contributed by atoms with Gasteiger partial charge in [0.2, 0.25) is 0 Å². The zero-order chi connectivity index (χ0) is 42.0. The maximum atomic E-state index is 15.7. The highest BCUT2D eigenvalue weighted by atomic mass is 33.1. The Balaban J connectivity index is 1.24. The highest BCUT2D eigenvalue weighted by Crippen LogP contribution is 2.74. The number of hydrogen-bond donors (Lipinski definition) is 5. The van der Waals surface area contributed by atoms with Gasteiger partial charge in [-0.1, -0.05) is 91.0 Å². The molecule has 8 aliphatic rings. The maximum Gasteiger partial charge on any atom is 0.331 e. The van der Waals surface area contributed by atoms with Gasteiger partial charge in [-0.2, -0.15) is 0 Å². The summed E-state index contributed by atoms with van der Waals surface area (Å²) in [5.41, 5.74) is 2.36. The minimum Gasteiger partial charge on any atom is -0.458 e. The number of hydrazine groups is 1. The minimum absolute atomic E-state index is 0.0670. The summed E-state index contributed by atoms with van der Waals surface area (Å²) in [5.74, 6) is 8.76. The molecule has 2 spiro atoms. The molecule has 60 heavy (non-hydrogen) atoms. The van der Waals surface area contributed by atoms with Crippen LogP contribution in [0.2, 0.25) is 0 Å². The third kappa shape index (κ3) is 6.95. The summed E-state index contributed by atoms with van der Waals surface area (Å²) >= 11 is 0. The van der Waals surface area contributed by atoms with Crippen molar-refractivity contribution in [1.82, 2.24) is 10.9 Å². The number of rotatable bonds is 5. The molecule has 14 atom stereocenters. The molecule has 4 aliphatic heterocycles. The molecule has 0 aromatic heterocycles. The van der Waals surface area contributed by atoms with Crippen molar-refractivity contribution in [2.75, 3.05) is 18.1 Å². The Bertz CT molecular complexity index is 1890. The van der Waals surface area contributed by atoms with Gasteiger partial charge in [0.25, 0.3) is 0 Å². The number of carbonyl (C=O) groups excluding carboxylic acids is 2. The Hall–Kier alpha value is -2.04. The Labute approximate surface area is 365 Å². The van der Waals surface area contributed by atoms with Crippen LogP contribution in [0.4, 0.5) is 0 Å². The van der Waals surface area contributed by atoms with E-state index < -0.39 is 51.1 Å². The fraction of sp³-hybridized carbons (Fsp3) is 0.755. The van der Waals surface area contributed by atoms with E-state index in [4.69, 9.17) is 9.47 Å². The average molecular weight is 861 g/mol. The molecule has 9 nitrogen and oxygen atoms in total. The number of nitrogens with one attached hydrogen (secondary N) is 2. The lowest BCUT2D eigenvalue weighted by molar-refractivity contribution is -0.363. The molecule has 4 aliphatic carbocycles. The van der Waals surface area contributed by atoms with E-state index in [0.29, 0.717) is 50.9 Å². The van der Waals surface area contributed by atoms with Crippen molar-refractivity contribution >= 4 is 33.5 Å². The Morgan fingerprint density at radius 2 is 1.73 bits per heavy atom. The standard InChI is InChI=1S/C49H68N2O7S2/c1-32-16-17-39(52)49-40(53)19-23-45(3)37-14-9-15-38(37)50-51-47(42(45)49)31-44(2,48(49,56)24-18-34-27-41(54)57-28-34)20-10-22-46(43(55)58-47)21-8-7-13-36(46)30-60-59-29-35(25-32)26-33-11-5-4-6-12-33/h4-6,11-12,27,32,35-40,42,50-53,56H,7-9,13-19,21-26,28-31H2,1-3H3/t32-,35-,36-,37+,38-,39-,40-,42-,44+,45+,46-,47-,48-,49+/m1/s1. The fourth-order valence-electron chi connectivity index (χ4n) is 14.8. The second-order valence-corrected chi connectivity index (χ2v) is 23.6. The Kier molecular flexibility index (Phi) is 11.9. The van der Waals surface area contributed by atoms with Gasteiger partial charge in [-0.15, -0.1) is 5.92 Å². The van der Waals surface area contributed by atoms with Crippen LogP contribution in [0.3, 0.4) is 0 Å². The van der Waals surface area contributed by atoms with Gasteiger partial charge in [0, 0.05) is 42.4 Å². The number of fused-ring (bicyclic) bond motifs is 4. The number of aliphatic hydroxyl groups excluding tert-OH is 2. The lowest BCUT2D eigenvalue weighted by atomic mass is 9.34. The summed E-state index contributed by atoms with van der Waals surface area (Å²) in [6.07, 6.45) is 11.1. The number of ether oxygens (including phenoxy) is 2. The quantitative estimate of drug-likeness (QED) is 0.113. The van der Waals surface area contributed by atoms with Crippen LogP contribution in [0.25, 0.3) is 0 Å². The van der Waals surface area contributed by atoms with Crippen LogP contribution in [0.1, 0.15) is 129 Å². The van der Waals surface area contributed by atoms with Crippen LogP contribution in [-0.2, 0) is 25.5 Å². The second-order valence-electron chi connectivity index (χ2n) is 21.0. The zero-order valence-corrected chi connectivity index (χ0v) is 37.6. The molecule has 1 aromatic rings. The van der Waals surface area contributed by atoms with E-state index in [2.05, 4.69) is 66.9 Å². The molecule has 0 radical (unpaired) electrons. The summed E-state index contributed by atoms with van der Waals surface area (Å²) < 4.78 is 12.8. The first-order valence-corrected chi connectivity index (χ1v) is 25.8. The molecular weight excluding hydrogens is 793 g/mol. The van der Waals surface area contributed by atoms with E-state index in [0.717, 1.165) is 68.4 Å². The number of hydrogen-bond acceptors (Lipinski definition) is 11. The second kappa shape index (κ2) is 16.5. The fourth-order valence-corrected chi connectivity index (χ4v) is 17.8. The van der Waals surface area contributed by atoms with Crippen LogP contribution in [0.5, 0.6) is 0 Å². The van der Waals surface area contributed by atoms with Crippen molar-refractivity contribution in [3.8, 4) is 11.8 Å². The normalized spacial score (nSPS) is 46.8. The summed E-state index contributed by atoms with van der Waals surface area (Å²) in [4.78, 5) is 28.1. The summed E-state index contributed by atoms with van der Waals surface area (Å²) in [7, 11) is 3.83. The van der Waals surface area contributed by atoms with Crippen molar-refractivity contribution in [1.29, 1.82) is 0 Å².